The molecule has 0 aromatic heterocycles. The van der Waals surface area contributed by atoms with Crippen LogP contribution in [0.4, 0.5) is 0 Å². The number of methoxy groups -OCH3 is 1. The minimum atomic E-state index is 0.0442. The first-order chi connectivity index (χ1) is 9.20. The van der Waals surface area contributed by atoms with Gasteiger partial charge in [-0.3, -0.25) is 4.79 Å². The SMILES string of the molecule is COc1ccc(OCC(=O)N(C)C2CCCC2)cc1. The lowest BCUT2D eigenvalue weighted by molar-refractivity contribution is -0.134. The van der Waals surface area contributed by atoms with Crippen molar-refractivity contribution in [2.24, 2.45) is 0 Å². The molecular formula is C15H21NO3. The molecule has 0 saturated heterocycles. The van der Waals surface area contributed by atoms with E-state index in [9.17, 15) is 4.79 Å². The fourth-order valence-electron chi connectivity index (χ4n) is 2.41. The third kappa shape index (κ3) is 3.63. The first-order valence-electron chi connectivity index (χ1n) is 6.73. The van der Waals surface area contributed by atoms with E-state index in [1.165, 1.54) is 12.8 Å². The Morgan fingerprint density at radius 3 is 2.37 bits per heavy atom. The molecule has 1 aliphatic rings. The lowest BCUT2D eigenvalue weighted by atomic mass is 10.2. The van der Waals surface area contributed by atoms with Gasteiger partial charge in [-0.1, -0.05) is 12.8 Å². The number of rotatable bonds is 5. The predicted octanol–water partition coefficient (Wildman–Crippen LogP) is 2.48. The summed E-state index contributed by atoms with van der Waals surface area (Å²) in [4.78, 5) is 13.8. The van der Waals surface area contributed by atoms with E-state index in [1.54, 1.807) is 7.11 Å². The van der Waals surface area contributed by atoms with Gasteiger partial charge >= 0.3 is 0 Å². The van der Waals surface area contributed by atoms with E-state index >= 15 is 0 Å². The molecule has 104 valence electrons. The van der Waals surface area contributed by atoms with Crippen LogP contribution in [0.25, 0.3) is 0 Å². The molecule has 1 saturated carbocycles. The Bertz CT molecular complexity index is 410. The number of benzene rings is 1. The Labute approximate surface area is 114 Å². The largest absolute Gasteiger partial charge is 0.497 e. The van der Waals surface area contributed by atoms with E-state index in [0.717, 1.165) is 18.6 Å². The summed E-state index contributed by atoms with van der Waals surface area (Å²) in [5.74, 6) is 1.51. The number of amides is 1. The zero-order chi connectivity index (χ0) is 13.7. The van der Waals surface area contributed by atoms with Gasteiger partial charge in [0, 0.05) is 13.1 Å². The van der Waals surface area contributed by atoms with Crippen molar-refractivity contribution in [3.8, 4) is 11.5 Å². The van der Waals surface area contributed by atoms with Crippen LogP contribution in [0.3, 0.4) is 0 Å². The standard InChI is InChI=1S/C15H21NO3/c1-16(12-5-3-4-6-12)15(17)11-19-14-9-7-13(18-2)8-10-14/h7-10,12H,3-6,11H2,1-2H3. The summed E-state index contributed by atoms with van der Waals surface area (Å²) in [6.07, 6.45) is 4.68. The fraction of sp³-hybridized carbons (Fsp3) is 0.533. The third-order valence-corrected chi connectivity index (χ3v) is 3.69. The van der Waals surface area contributed by atoms with Gasteiger partial charge in [0.25, 0.3) is 5.91 Å². The summed E-state index contributed by atoms with van der Waals surface area (Å²) in [6, 6.07) is 7.65. The van der Waals surface area contributed by atoms with Crippen molar-refractivity contribution < 1.29 is 14.3 Å². The van der Waals surface area contributed by atoms with Crippen LogP contribution in [0.15, 0.2) is 24.3 Å². The maximum atomic E-state index is 12.0. The van der Waals surface area contributed by atoms with Crippen molar-refractivity contribution in [1.82, 2.24) is 4.90 Å². The molecule has 0 unspecified atom stereocenters. The van der Waals surface area contributed by atoms with Crippen molar-refractivity contribution in [3.05, 3.63) is 24.3 Å². The number of carbonyl (C=O) groups is 1. The predicted molar refractivity (Wildman–Crippen MR) is 73.5 cm³/mol. The minimum absolute atomic E-state index is 0.0442. The van der Waals surface area contributed by atoms with E-state index in [-0.39, 0.29) is 12.5 Å². The highest BCUT2D eigenvalue weighted by atomic mass is 16.5. The van der Waals surface area contributed by atoms with Gasteiger partial charge in [0.1, 0.15) is 11.5 Å². The normalized spacial score (nSPS) is 15.3. The maximum absolute atomic E-state index is 12.0. The Hall–Kier alpha value is -1.71. The lowest BCUT2D eigenvalue weighted by Gasteiger charge is -2.24. The molecular weight excluding hydrogens is 242 g/mol. The number of hydrogen-bond acceptors (Lipinski definition) is 3. The van der Waals surface area contributed by atoms with E-state index in [0.29, 0.717) is 11.8 Å². The summed E-state index contributed by atoms with van der Waals surface area (Å²) < 4.78 is 10.6. The molecule has 1 amide bonds. The van der Waals surface area contributed by atoms with Crippen molar-refractivity contribution in [2.45, 2.75) is 31.7 Å². The smallest absolute Gasteiger partial charge is 0.260 e. The summed E-state index contributed by atoms with van der Waals surface area (Å²) in [6.45, 7) is 0.0966. The van der Waals surface area contributed by atoms with Gasteiger partial charge in [-0.05, 0) is 37.1 Å². The second kappa shape index (κ2) is 6.45. The lowest BCUT2D eigenvalue weighted by Crippen LogP contribution is -2.38. The van der Waals surface area contributed by atoms with Crippen LogP contribution in [-0.2, 0) is 4.79 Å². The van der Waals surface area contributed by atoms with Gasteiger partial charge in [0.05, 0.1) is 7.11 Å². The van der Waals surface area contributed by atoms with Gasteiger partial charge in [0.15, 0.2) is 6.61 Å². The Balaban J connectivity index is 1.81. The van der Waals surface area contributed by atoms with Gasteiger partial charge < -0.3 is 14.4 Å². The van der Waals surface area contributed by atoms with Crippen LogP contribution in [-0.4, -0.2) is 37.6 Å². The molecule has 4 heteroatoms. The topological polar surface area (TPSA) is 38.8 Å². The fourth-order valence-corrected chi connectivity index (χ4v) is 2.41. The van der Waals surface area contributed by atoms with Crippen molar-refractivity contribution in [3.63, 3.8) is 0 Å². The van der Waals surface area contributed by atoms with Crippen LogP contribution in [0, 0.1) is 0 Å². The Morgan fingerprint density at radius 2 is 1.79 bits per heavy atom. The molecule has 0 spiro atoms. The zero-order valence-electron chi connectivity index (χ0n) is 11.6. The van der Waals surface area contributed by atoms with Gasteiger partial charge in [0.2, 0.25) is 0 Å². The van der Waals surface area contributed by atoms with Gasteiger partial charge in [-0.2, -0.15) is 0 Å². The molecule has 0 bridgehead atoms. The molecule has 0 N–H and O–H groups in total. The molecule has 1 aliphatic carbocycles. The molecule has 0 heterocycles. The summed E-state index contributed by atoms with van der Waals surface area (Å²) in [7, 11) is 3.49. The molecule has 1 aromatic rings. The average Bonchev–Trinajstić information content (AvgIpc) is 2.98. The average molecular weight is 263 g/mol. The number of nitrogens with zero attached hydrogens (tertiary/aromatic N) is 1. The second-order valence-corrected chi connectivity index (χ2v) is 4.91. The van der Waals surface area contributed by atoms with Gasteiger partial charge in [-0.25, -0.2) is 0 Å². The molecule has 2 rings (SSSR count). The summed E-state index contributed by atoms with van der Waals surface area (Å²) in [5.41, 5.74) is 0. The summed E-state index contributed by atoms with van der Waals surface area (Å²) >= 11 is 0. The van der Waals surface area contributed by atoms with E-state index < -0.39 is 0 Å². The van der Waals surface area contributed by atoms with Gasteiger partial charge in [-0.15, -0.1) is 0 Å². The molecule has 4 nitrogen and oxygen atoms in total. The highest BCUT2D eigenvalue weighted by Gasteiger charge is 2.23. The van der Waals surface area contributed by atoms with Crippen LogP contribution in [0.1, 0.15) is 25.7 Å². The van der Waals surface area contributed by atoms with Crippen LogP contribution < -0.4 is 9.47 Å². The minimum Gasteiger partial charge on any atom is -0.497 e. The highest BCUT2D eigenvalue weighted by molar-refractivity contribution is 5.77. The molecule has 1 aromatic carbocycles. The monoisotopic (exact) mass is 263 g/mol. The first kappa shape index (κ1) is 13.7. The number of ether oxygens (including phenoxy) is 2. The van der Waals surface area contributed by atoms with Crippen molar-refractivity contribution in [2.75, 3.05) is 20.8 Å². The van der Waals surface area contributed by atoms with Crippen molar-refractivity contribution >= 4 is 5.91 Å². The molecule has 19 heavy (non-hydrogen) atoms. The quantitative estimate of drug-likeness (QED) is 0.819. The number of likely N-dealkylation sites (N-methyl/N-ethyl adjacent to an activating group) is 1. The molecule has 0 atom stereocenters. The number of carbonyl (C=O) groups excluding carboxylic acids is 1. The summed E-state index contributed by atoms with van der Waals surface area (Å²) in [5, 5.41) is 0. The first-order valence-corrected chi connectivity index (χ1v) is 6.73. The Kier molecular flexibility index (Phi) is 4.66. The number of hydrogen-bond donors (Lipinski definition) is 0. The third-order valence-electron chi connectivity index (χ3n) is 3.69. The maximum Gasteiger partial charge on any atom is 0.260 e. The van der Waals surface area contributed by atoms with Crippen LogP contribution >= 0.6 is 0 Å². The van der Waals surface area contributed by atoms with E-state index in [4.69, 9.17) is 9.47 Å². The zero-order valence-corrected chi connectivity index (χ0v) is 11.6. The molecule has 0 radical (unpaired) electrons. The molecule has 0 aliphatic heterocycles. The molecule has 1 fully saturated rings. The van der Waals surface area contributed by atoms with Crippen LogP contribution in [0.2, 0.25) is 0 Å². The van der Waals surface area contributed by atoms with E-state index in [1.807, 2.05) is 36.2 Å². The van der Waals surface area contributed by atoms with Crippen molar-refractivity contribution in [1.29, 1.82) is 0 Å². The van der Waals surface area contributed by atoms with E-state index in [2.05, 4.69) is 0 Å². The second-order valence-electron chi connectivity index (χ2n) is 4.91. The van der Waals surface area contributed by atoms with Crippen LogP contribution in [0.5, 0.6) is 11.5 Å². The Morgan fingerprint density at radius 1 is 1.21 bits per heavy atom. The highest BCUT2D eigenvalue weighted by Crippen LogP contribution is 2.22.